The summed E-state index contributed by atoms with van der Waals surface area (Å²) in [5.74, 6) is -1.29. The summed E-state index contributed by atoms with van der Waals surface area (Å²) in [6.45, 7) is 3.35. The van der Waals surface area contributed by atoms with Crippen LogP contribution in [0.2, 0.25) is 5.02 Å². The molecule has 0 spiro atoms. The minimum absolute atomic E-state index is 0.106. The topological polar surface area (TPSA) is 46.2 Å². The molecule has 0 aliphatic carbocycles. The number of phenols is 1. The molecule has 0 saturated heterocycles. The SMILES string of the molecule is CC(C)(N)c1ccc(Cl)c(F)c1O. The van der Waals surface area contributed by atoms with E-state index < -0.39 is 17.1 Å². The molecule has 0 unspecified atom stereocenters. The Balaban J connectivity index is 3.35. The van der Waals surface area contributed by atoms with Gasteiger partial charge < -0.3 is 10.8 Å². The first-order valence-electron chi connectivity index (χ1n) is 3.80. The third-order valence-corrected chi connectivity index (χ3v) is 2.06. The summed E-state index contributed by atoms with van der Waals surface area (Å²) in [6, 6.07) is 2.89. The highest BCUT2D eigenvalue weighted by Gasteiger charge is 2.21. The number of nitrogens with two attached hydrogens (primary N) is 1. The molecule has 0 aliphatic heterocycles. The quantitative estimate of drug-likeness (QED) is 0.736. The lowest BCUT2D eigenvalue weighted by atomic mass is 9.94. The smallest absolute Gasteiger partial charge is 0.183 e. The number of hydrogen-bond acceptors (Lipinski definition) is 2. The highest BCUT2D eigenvalue weighted by Crippen LogP contribution is 2.32. The fraction of sp³-hybridized carbons (Fsp3) is 0.333. The van der Waals surface area contributed by atoms with Crippen LogP contribution in [0.15, 0.2) is 12.1 Å². The van der Waals surface area contributed by atoms with Gasteiger partial charge >= 0.3 is 0 Å². The van der Waals surface area contributed by atoms with Crippen molar-refractivity contribution in [3.63, 3.8) is 0 Å². The number of benzene rings is 1. The van der Waals surface area contributed by atoms with E-state index in [4.69, 9.17) is 17.3 Å². The molecule has 0 heterocycles. The van der Waals surface area contributed by atoms with Crippen LogP contribution in [0.5, 0.6) is 5.75 Å². The van der Waals surface area contributed by atoms with E-state index in [1.165, 1.54) is 12.1 Å². The van der Waals surface area contributed by atoms with Crippen LogP contribution in [0.25, 0.3) is 0 Å². The molecule has 1 rings (SSSR count). The Bertz CT molecular complexity index is 333. The molecular formula is C9H11ClFNO. The average Bonchev–Trinajstić information content (AvgIpc) is 1.98. The minimum Gasteiger partial charge on any atom is -0.505 e. The number of aromatic hydroxyl groups is 1. The van der Waals surface area contributed by atoms with Gasteiger partial charge in [0.2, 0.25) is 0 Å². The second-order valence-corrected chi connectivity index (χ2v) is 3.89. The van der Waals surface area contributed by atoms with E-state index in [0.717, 1.165) is 0 Å². The maximum Gasteiger partial charge on any atom is 0.183 e. The average molecular weight is 204 g/mol. The molecule has 72 valence electrons. The van der Waals surface area contributed by atoms with Crippen molar-refractivity contribution in [2.45, 2.75) is 19.4 Å². The predicted octanol–water partition coefficient (Wildman–Crippen LogP) is 2.38. The number of hydrogen-bond donors (Lipinski definition) is 2. The zero-order chi connectivity index (χ0) is 10.2. The van der Waals surface area contributed by atoms with Gasteiger partial charge in [-0.25, -0.2) is 4.39 Å². The standard InChI is InChI=1S/C9H11ClFNO/c1-9(2,12)5-3-4-6(10)7(11)8(5)13/h3-4,13H,12H2,1-2H3. The fourth-order valence-electron chi connectivity index (χ4n) is 1.06. The van der Waals surface area contributed by atoms with E-state index in [1.54, 1.807) is 13.8 Å². The summed E-state index contributed by atoms with van der Waals surface area (Å²) in [7, 11) is 0. The van der Waals surface area contributed by atoms with Crippen molar-refractivity contribution in [2.24, 2.45) is 5.73 Å². The molecule has 2 nitrogen and oxygen atoms in total. The van der Waals surface area contributed by atoms with Crippen molar-refractivity contribution in [3.05, 3.63) is 28.5 Å². The Morgan fingerprint density at radius 3 is 2.46 bits per heavy atom. The third-order valence-electron chi connectivity index (χ3n) is 1.76. The lowest BCUT2D eigenvalue weighted by Crippen LogP contribution is -2.28. The summed E-state index contributed by atoms with van der Waals surface area (Å²) in [5.41, 5.74) is 5.27. The van der Waals surface area contributed by atoms with E-state index in [9.17, 15) is 9.50 Å². The molecule has 0 aromatic heterocycles. The molecular weight excluding hydrogens is 193 g/mol. The second-order valence-electron chi connectivity index (χ2n) is 3.48. The molecule has 13 heavy (non-hydrogen) atoms. The molecule has 4 heteroatoms. The van der Waals surface area contributed by atoms with Crippen LogP contribution in [0.4, 0.5) is 4.39 Å². The van der Waals surface area contributed by atoms with E-state index in [0.29, 0.717) is 5.56 Å². The molecule has 0 saturated carbocycles. The molecule has 0 bridgehead atoms. The van der Waals surface area contributed by atoms with Gasteiger partial charge in [0.05, 0.1) is 5.02 Å². The molecule has 0 atom stereocenters. The van der Waals surface area contributed by atoms with Crippen molar-refractivity contribution in [3.8, 4) is 5.75 Å². The van der Waals surface area contributed by atoms with Crippen LogP contribution in [0, 0.1) is 5.82 Å². The summed E-state index contributed by atoms with van der Waals surface area (Å²) < 4.78 is 13.1. The first-order valence-corrected chi connectivity index (χ1v) is 4.18. The monoisotopic (exact) mass is 203 g/mol. The molecule has 0 fully saturated rings. The van der Waals surface area contributed by atoms with Gasteiger partial charge in [0, 0.05) is 11.1 Å². The molecule has 1 aromatic carbocycles. The van der Waals surface area contributed by atoms with Crippen molar-refractivity contribution < 1.29 is 9.50 Å². The lowest BCUT2D eigenvalue weighted by Gasteiger charge is -2.20. The van der Waals surface area contributed by atoms with E-state index >= 15 is 0 Å². The third kappa shape index (κ3) is 1.92. The van der Waals surface area contributed by atoms with Crippen LogP contribution in [0.3, 0.4) is 0 Å². The number of rotatable bonds is 1. The van der Waals surface area contributed by atoms with Crippen LogP contribution < -0.4 is 5.73 Å². The second kappa shape index (κ2) is 3.16. The zero-order valence-corrected chi connectivity index (χ0v) is 8.19. The normalized spacial score (nSPS) is 11.8. The van der Waals surface area contributed by atoms with E-state index in [-0.39, 0.29) is 5.02 Å². The maximum absolute atomic E-state index is 13.1. The van der Waals surface area contributed by atoms with E-state index in [1.807, 2.05) is 0 Å². The largest absolute Gasteiger partial charge is 0.505 e. The van der Waals surface area contributed by atoms with Gasteiger partial charge in [-0.1, -0.05) is 17.7 Å². The number of phenolic OH excluding ortho intramolecular Hbond substituents is 1. The Kier molecular flexibility index (Phi) is 2.50. The predicted molar refractivity (Wildman–Crippen MR) is 50.3 cm³/mol. The minimum atomic E-state index is -0.822. The van der Waals surface area contributed by atoms with Gasteiger partial charge in [0.1, 0.15) is 0 Å². The lowest BCUT2D eigenvalue weighted by molar-refractivity contribution is 0.406. The van der Waals surface area contributed by atoms with Crippen LogP contribution >= 0.6 is 11.6 Å². The van der Waals surface area contributed by atoms with Gasteiger partial charge in [-0.2, -0.15) is 0 Å². The Morgan fingerprint density at radius 1 is 1.46 bits per heavy atom. The van der Waals surface area contributed by atoms with Crippen LogP contribution in [-0.4, -0.2) is 5.11 Å². The Hall–Kier alpha value is -0.800. The first kappa shape index (κ1) is 10.3. The molecule has 0 amide bonds. The van der Waals surface area contributed by atoms with Gasteiger partial charge in [-0.05, 0) is 19.9 Å². The Labute approximate surface area is 81.1 Å². The van der Waals surface area contributed by atoms with E-state index in [2.05, 4.69) is 0 Å². The van der Waals surface area contributed by atoms with Crippen molar-refractivity contribution in [2.75, 3.05) is 0 Å². The van der Waals surface area contributed by atoms with Crippen LogP contribution in [0.1, 0.15) is 19.4 Å². The van der Waals surface area contributed by atoms with Crippen molar-refractivity contribution in [1.29, 1.82) is 0 Å². The van der Waals surface area contributed by atoms with Crippen molar-refractivity contribution >= 4 is 11.6 Å². The van der Waals surface area contributed by atoms with Gasteiger partial charge in [0.15, 0.2) is 11.6 Å². The number of halogens is 2. The summed E-state index contributed by atoms with van der Waals surface area (Å²) in [4.78, 5) is 0. The molecule has 3 N–H and O–H groups in total. The molecule has 0 aliphatic rings. The van der Waals surface area contributed by atoms with Crippen molar-refractivity contribution in [1.82, 2.24) is 0 Å². The highest BCUT2D eigenvalue weighted by atomic mass is 35.5. The van der Waals surface area contributed by atoms with Crippen LogP contribution in [-0.2, 0) is 5.54 Å². The zero-order valence-electron chi connectivity index (χ0n) is 7.44. The molecule has 1 aromatic rings. The van der Waals surface area contributed by atoms with Gasteiger partial charge in [-0.3, -0.25) is 0 Å². The summed E-state index contributed by atoms with van der Waals surface area (Å²) in [6.07, 6.45) is 0. The van der Waals surface area contributed by atoms with Gasteiger partial charge in [-0.15, -0.1) is 0 Å². The fourth-order valence-corrected chi connectivity index (χ4v) is 1.21. The Morgan fingerprint density at radius 2 is 2.00 bits per heavy atom. The maximum atomic E-state index is 13.1. The highest BCUT2D eigenvalue weighted by molar-refractivity contribution is 6.30. The summed E-state index contributed by atoms with van der Waals surface area (Å²) >= 11 is 5.46. The summed E-state index contributed by atoms with van der Waals surface area (Å²) in [5, 5.41) is 9.27. The molecule has 0 radical (unpaired) electrons. The van der Waals surface area contributed by atoms with Gasteiger partial charge in [0.25, 0.3) is 0 Å². The first-order chi connectivity index (χ1) is 5.84.